The smallest absolute Gasteiger partial charge is 0.122 e. The standard InChI is InChI=1S/C13H18O/c1-8-9(2)11-6-4-5-7-12(11)13(14)10(8)3/h14H,4-7H2,1-3H3. The summed E-state index contributed by atoms with van der Waals surface area (Å²) in [7, 11) is 0. The van der Waals surface area contributed by atoms with Gasteiger partial charge in [-0.15, -0.1) is 0 Å². The van der Waals surface area contributed by atoms with Crippen LogP contribution in [0.25, 0.3) is 0 Å². The quantitative estimate of drug-likeness (QED) is 0.666. The van der Waals surface area contributed by atoms with Gasteiger partial charge in [0.1, 0.15) is 5.75 Å². The number of phenolic OH excluding ortho intramolecular Hbond substituents is 1. The monoisotopic (exact) mass is 190 g/mol. The molecule has 14 heavy (non-hydrogen) atoms. The molecule has 0 fully saturated rings. The molecular formula is C13H18O. The Bertz CT molecular complexity index is 341. The van der Waals surface area contributed by atoms with Crippen LogP contribution in [0.4, 0.5) is 0 Å². The molecule has 2 rings (SSSR count). The molecule has 0 bridgehead atoms. The highest BCUT2D eigenvalue weighted by atomic mass is 16.3. The van der Waals surface area contributed by atoms with Gasteiger partial charge >= 0.3 is 0 Å². The van der Waals surface area contributed by atoms with Crippen molar-refractivity contribution in [2.24, 2.45) is 0 Å². The molecule has 0 heterocycles. The molecule has 76 valence electrons. The topological polar surface area (TPSA) is 20.2 Å². The van der Waals surface area contributed by atoms with Crippen LogP contribution in [0.1, 0.15) is 40.7 Å². The van der Waals surface area contributed by atoms with Crippen molar-refractivity contribution in [2.75, 3.05) is 0 Å². The molecule has 1 aliphatic carbocycles. The normalized spacial score (nSPS) is 15.4. The second-order valence-corrected chi connectivity index (χ2v) is 4.39. The first-order valence-electron chi connectivity index (χ1n) is 5.43. The number of rotatable bonds is 0. The Hall–Kier alpha value is -0.980. The maximum atomic E-state index is 10.0. The van der Waals surface area contributed by atoms with Crippen molar-refractivity contribution >= 4 is 0 Å². The third kappa shape index (κ3) is 1.23. The van der Waals surface area contributed by atoms with E-state index in [0.717, 1.165) is 18.4 Å². The summed E-state index contributed by atoms with van der Waals surface area (Å²) in [6.45, 7) is 6.32. The zero-order valence-corrected chi connectivity index (χ0v) is 9.28. The third-order valence-electron chi connectivity index (χ3n) is 3.69. The van der Waals surface area contributed by atoms with Crippen LogP contribution in [-0.4, -0.2) is 5.11 Å². The summed E-state index contributed by atoms with van der Waals surface area (Å²) in [6.07, 6.45) is 4.71. The fourth-order valence-corrected chi connectivity index (χ4v) is 2.49. The minimum Gasteiger partial charge on any atom is -0.507 e. The number of phenols is 1. The van der Waals surface area contributed by atoms with Crippen molar-refractivity contribution < 1.29 is 5.11 Å². The third-order valence-corrected chi connectivity index (χ3v) is 3.69. The molecule has 1 aromatic carbocycles. The SMILES string of the molecule is Cc1c(C)c(O)c2c(c1C)CCCC2. The van der Waals surface area contributed by atoms with E-state index in [1.165, 1.54) is 35.1 Å². The first-order valence-corrected chi connectivity index (χ1v) is 5.43. The van der Waals surface area contributed by atoms with E-state index in [-0.39, 0.29) is 0 Å². The predicted molar refractivity (Wildman–Crippen MR) is 59.0 cm³/mol. The molecule has 0 radical (unpaired) electrons. The molecule has 0 aromatic heterocycles. The van der Waals surface area contributed by atoms with Crippen molar-refractivity contribution in [2.45, 2.75) is 46.5 Å². The Balaban J connectivity index is 2.71. The van der Waals surface area contributed by atoms with E-state index in [4.69, 9.17) is 0 Å². The maximum Gasteiger partial charge on any atom is 0.122 e. The van der Waals surface area contributed by atoms with Crippen molar-refractivity contribution in [3.8, 4) is 5.75 Å². The zero-order valence-electron chi connectivity index (χ0n) is 9.28. The Labute approximate surface area is 85.8 Å². The molecule has 0 saturated carbocycles. The van der Waals surface area contributed by atoms with Crippen LogP contribution >= 0.6 is 0 Å². The molecule has 0 atom stereocenters. The van der Waals surface area contributed by atoms with Gasteiger partial charge in [-0.05, 0) is 74.3 Å². The number of hydrogen-bond donors (Lipinski definition) is 1. The average Bonchev–Trinajstić information content (AvgIpc) is 2.23. The fraction of sp³-hybridized carbons (Fsp3) is 0.538. The number of benzene rings is 1. The summed E-state index contributed by atoms with van der Waals surface area (Å²) < 4.78 is 0. The van der Waals surface area contributed by atoms with Crippen molar-refractivity contribution in [1.82, 2.24) is 0 Å². The second kappa shape index (κ2) is 3.30. The van der Waals surface area contributed by atoms with Crippen LogP contribution in [-0.2, 0) is 12.8 Å². The highest BCUT2D eigenvalue weighted by molar-refractivity contribution is 5.54. The number of aromatic hydroxyl groups is 1. The van der Waals surface area contributed by atoms with Gasteiger partial charge in [-0.2, -0.15) is 0 Å². The Kier molecular flexibility index (Phi) is 2.26. The molecule has 0 aliphatic heterocycles. The minimum absolute atomic E-state index is 0.558. The van der Waals surface area contributed by atoms with Crippen LogP contribution < -0.4 is 0 Å². The van der Waals surface area contributed by atoms with Crippen LogP contribution in [0, 0.1) is 20.8 Å². The second-order valence-electron chi connectivity index (χ2n) is 4.39. The van der Waals surface area contributed by atoms with Gasteiger partial charge in [0.2, 0.25) is 0 Å². The van der Waals surface area contributed by atoms with Crippen molar-refractivity contribution in [3.63, 3.8) is 0 Å². The van der Waals surface area contributed by atoms with Gasteiger partial charge in [-0.25, -0.2) is 0 Å². The van der Waals surface area contributed by atoms with E-state index in [2.05, 4.69) is 13.8 Å². The minimum atomic E-state index is 0.558. The predicted octanol–water partition coefficient (Wildman–Crippen LogP) is 3.20. The van der Waals surface area contributed by atoms with Gasteiger partial charge in [-0.3, -0.25) is 0 Å². The largest absolute Gasteiger partial charge is 0.507 e. The summed E-state index contributed by atoms with van der Waals surface area (Å²) in [5, 5.41) is 10.0. The van der Waals surface area contributed by atoms with Crippen LogP contribution in [0.5, 0.6) is 5.75 Å². The van der Waals surface area contributed by atoms with E-state index in [0.29, 0.717) is 5.75 Å². The van der Waals surface area contributed by atoms with Crippen molar-refractivity contribution in [1.29, 1.82) is 0 Å². The van der Waals surface area contributed by atoms with Gasteiger partial charge < -0.3 is 5.11 Å². The number of fused-ring (bicyclic) bond motifs is 1. The maximum absolute atomic E-state index is 10.0. The van der Waals surface area contributed by atoms with E-state index >= 15 is 0 Å². The molecule has 0 saturated heterocycles. The Morgan fingerprint density at radius 1 is 0.786 bits per heavy atom. The van der Waals surface area contributed by atoms with Gasteiger partial charge in [0.25, 0.3) is 0 Å². The lowest BCUT2D eigenvalue weighted by molar-refractivity contribution is 0.456. The Morgan fingerprint density at radius 3 is 2.00 bits per heavy atom. The van der Waals surface area contributed by atoms with Crippen LogP contribution in [0.3, 0.4) is 0 Å². The van der Waals surface area contributed by atoms with Crippen molar-refractivity contribution in [3.05, 3.63) is 27.8 Å². The summed E-state index contributed by atoms with van der Waals surface area (Å²) in [5.74, 6) is 0.558. The van der Waals surface area contributed by atoms with Crippen LogP contribution in [0.2, 0.25) is 0 Å². The zero-order chi connectivity index (χ0) is 10.3. The van der Waals surface area contributed by atoms with Gasteiger partial charge in [0.05, 0.1) is 0 Å². The number of hydrogen-bond acceptors (Lipinski definition) is 1. The molecular weight excluding hydrogens is 172 g/mol. The molecule has 1 nitrogen and oxygen atoms in total. The first kappa shape index (κ1) is 9.57. The molecule has 1 N–H and O–H groups in total. The molecule has 0 unspecified atom stereocenters. The first-order chi connectivity index (χ1) is 6.63. The summed E-state index contributed by atoms with van der Waals surface area (Å²) in [6, 6.07) is 0. The summed E-state index contributed by atoms with van der Waals surface area (Å²) in [5.41, 5.74) is 6.37. The highest BCUT2D eigenvalue weighted by Crippen LogP contribution is 2.36. The van der Waals surface area contributed by atoms with Crippen LogP contribution in [0.15, 0.2) is 0 Å². The summed E-state index contributed by atoms with van der Waals surface area (Å²) >= 11 is 0. The molecule has 1 aliphatic rings. The van der Waals surface area contributed by atoms with Gasteiger partial charge in [0.15, 0.2) is 0 Å². The molecule has 0 spiro atoms. The van der Waals surface area contributed by atoms with E-state index in [1.807, 2.05) is 6.92 Å². The molecule has 0 amide bonds. The lowest BCUT2D eigenvalue weighted by atomic mass is 9.84. The lowest BCUT2D eigenvalue weighted by Crippen LogP contribution is -2.08. The molecule has 1 aromatic rings. The average molecular weight is 190 g/mol. The highest BCUT2D eigenvalue weighted by Gasteiger charge is 2.19. The lowest BCUT2D eigenvalue weighted by Gasteiger charge is -2.22. The summed E-state index contributed by atoms with van der Waals surface area (Å²) in [4.78, 5) is 0. The Morgan fingerprint density at radius 2 is 1.36 bits per heavy atom. The van der Waals surface area contributed by atoms with Gasteiger partial charge in [-0.1, -0.05) is 0 Å². The van der Waals surface area contributed by atoms with E-state index in [1.54, 1.807) is 0 Å². The van der Waals surface area contributed by atoms with E-state index < -0.39 is 0 Å². The molecule has 1 heteroatoms. The van der Waals surface area contributed by atoms with Gasteiger partial charge in [0, 0.05) is 0 Å². The van der Waals surface area contributed by atoms with E-state index in [9.17, 15) is 5.11 Å². The fourth-order valence-electron chi connectivity index (χ4n) is 2.49.